The van der Waals surface area contributed by atoms with Crippen molar-refractivity contribution in [2.45, 2.75) is 28.7 Å². The number of carboxylic acid groups (broad SMARTS) is 1. The molecule has 9 heteroatoms. The highest BCUT2D eigenvalue weighted by Gasteiger charge is 2.21. The lowest BCUT2D eigenvalue weighted by Crippen LogP contribution is -2.22. The molecule has 0 heterocycles. The lowest BCUT2D eigenvalue weighted by molar-refractivity contribution is 0.0693. The van der Waals surface area contributed by atoms with Crippen molar-refractivity contribution in [1.82, 2.24) is 5.32 Å². The van der Waals surface area contributed by atoms with Crippen LogP contribution >= 0.6 is 11.6 Å². The van der Waals surface area contributed by atoms with E-state index in [-0.39, 0.29) is 9.79 Å². The first-order valence-electron chi connectivity index (χ1n) is 10.2. The Kier molecular flexibility index (Phi) is 8.10. The Hall–Kier alpha value is -2.91. The number of carboxylic acids is 1. The van der Waals surface area contributed by atoms with Crippen molar-refractivity contribution in [3.8, 4) is 5.75 Å². The van der Waals surface area contributed by atoms with Gasteiger partial charge in [0.05, 0.1) is 15.9 Å². The van der Waals surface area contributed by atoms with Gasteiger partial charge in [-0.3, -0.25) is 0 Å². The summed E-state index contributed by atoms with van der Waals surface area (Å²) >= 11 is 5.94. The summed E-state index contributed by atoms with van der Waals surface area (Å²) in [5, 5.41) is 32.7. The maximum atomic E-state index is 12.8. The standard InChI is InChI=1S/C24H24ClNO6S/c25-18-5-1-4-17(13-18)23(28)15-26-12-2-3-16-6-8-19(9-7-16)33(31,32)20-10-11-22(27)21(14-20)24(29)30/h1,4-11,13-14,23,26-28H,2-3,12,15H2,(H,29,30)/t23-/m0/s1. The first-order chi connectivity index (χ1) is 15.7. The van der Waals surface area contributed by atoms with Crippen molar-refractivity contribution in [2.75, 3.05) is 13.1 Å². The van der Waals surface area contributed by atoms with E-state index in [2.05, 4.69) is 5.32 Å². The van der Waals surface area contributed by atoms with Gasteiger partial charge in [-0.25, -0.2) is 13.2 Å². The van der Waals surface area contributed by atoms with Gasteiger partial charge in [0.25, 0.3) is 0 Å². The maximum absolute atomic E-state index is 12.8. The number of aliphatic hydroxyl groups is 1. The average molecular weight is 490 g/mol. The highest BCUT2D eigenvalue weighted by molar-refractivity contribution is 7.91. The van der Waals surface area contributed by atoms with Crippen LogP contribution in [0.5, 0.6) is 5.75 Å². The maximum Gasteiger partial charge on any atom is 0.339 e. The number of rotatable bonds is 10. The van der Waals surface area contributed by atoms with Gasteiger partial charge in [-0.05, 0) is 73.0 Å². The Morgan fingerprint density at radius 3 is 2.36 bits per heavy atom. The van der Waals surface area contributed by atoms with Crippen LogP contribution in [0.15, 0.2) is 76.5 Å². The lowest BCUT2D eigenvalue weighted by atomic mass is 10.1. The smallest absolute Gasteiger partial charge is 0.339 e. The number of aryl methyl sites for hydroxylation is 1. The Balaban J connectivity index is 1.54. The summed E-state index contributed by atoms with van der Waals surface area (Å²) in [4.78, 5) is 11.0. The predicted molar refractivity (Wildman–Crippen MR) is 125 cm³/mol. The number of aromatic carboxylic acids is 1. The first-order valence-corrected chi connectivity index (χ1v) is 12.1. The Morgan fingerprint density at radius 1 is 1.00 bits per heavy atom. The Bertz CT molecular complexity index is 1230. The van der Waals surface area contributed by atoms with Crippen LogP contribution in [0.4, 0.5) is 0 Å². The molecule has 0 aromatic heterocycles. The van der Waals surface area contributed by atoms with Crippen LogP contribution in [0.25, 0.3) is 0 Å². The molecule has 0 radical (unpaired) electrons. The Labute approximate surface area is 197 Å². The van der Waals surface area contributed by atoms with Gasteiger partial charge in [0.2, 0.25) is 9.84 Å². The van der Waals surface area contributed by atoms with Crippen molar-refractivity contribution in [3.05, 3.63) is 88.4 Å². The number of aliphatic hydroxyl groups excluding tert-OH is 1. The molecule has 0 saturated heterocycles. The van der Waals surface area contributed by atoms with Gasteiger partial charge < -0.3 is 20.6 Å². The van der Waals surface area contributed by atoms with Crippen LogP contribution in [0.2, 0.25) is 5.02 Å². The van der Waals surface area contributed by atoms with Gasteiger partial charge in [0.15, 0.2) is 0 Å². The molecule has 0 spiro atoms. The van der Waals surface area contributed by atoms with E-state index in [9.17, 15) is 23.4 Å². The molecule has 3 rings (SSSR count). The van der Waals surface area contributed by atoms with Crippen LogP contribution in [0, 0.1) is 0 Å². The number of halogens is 1. The molecule has 0 aliphatic carbocycles. The van der Waals surface area contributed by atoms with E-state index in [1.54, 1.807) is 30.3 Å². The van der Waals surface area contributed by atoms with E-state index in [0.717, 1.165) is 29.7 Å². The minimum absolute atomic E-state index is 0.0380. The van der Waals surface area contributed by atoms with Crippen molar-refractivity contribution in [1.29, 1.82) is 0 Å². The number of aromatic hydroxyl groups is 1. The van der Waals surface area contributed by atoms with Crippen molar-refractivity contribution >= 4 is 27.4 Å². The molecule has 33 heavy (non-hydrogen) atoms. The average Bonchev–Trinajstić information content (AvgIpc) is 2.79. The molecule has 0 aliphatic rings. The monoisotopic (exact) mass is 489 g/mol. The zero-order chi connectivity index (χ0) is 24.0. The van der Waals surface area contributed by atoms with Gasteiger partial charge in [0.1, 0.15) is 11.3 Å². The van der Waals surface area contributed by atoms with Crippen LogP contribution in [-0.2, 0) is 16.3 Å². The number of sulfone groups is 1. The highest BCUT2D eigenvalue weighted by Crippen LogP contribution is 2.26. The summed E-state index contributed by atoms with van der Waals surface area (Å²) < 4.78 is 25.6. The minimum Gasteiger partial charge on any atom is -0.507 e. The van der Waals surface area contributed by atoms with Gasteiger partial charge in [0, 0.05) is 11.6 Å². The molecule has 3 aromatic rings. The number of carbonyl (C=O) groups is 1. The molecule has 1 atom stereocenters. The second kappa shape index (κ2) is 10.8. The highest BCUT2D eigenvalue weighted by atomic mass is 35.5. The first kappa shape index (κ1) is 24.7. The van der Waals surface area contributed by atoms with E-state index in [1.165, 1.54) is 18.2 Å². The predicted octanol–water partition coefficient (Wildman–Crippen LogP) is 3.83. The fourth-order valence-corrected chi connectivity index (χ4v) is 4.80. The Morgan fingerprint density at radius 2 is 1.70 bits per heavy atom. The molecule has 7 nitrogen and oxygen atoms in total. The zero-order valence-corrected chi connectivity index (χ0v) is 19.2. The molecule has 0 aliphatic heterocycles. The second-order valence-electron chi connectivity index (χ2n) is 7.51. The van der Waals surface area contributed by atoms with Gasteiger partial charge in [-0.15, -0.1) is 0 Å². The van der Waals surface area contributed by atoms with Crippen LogP contribution < -0.4 is 5.32 Å². The molecule has 174 valence electrons. The van der Waals surface area contributed by atoms with E-state index in [1.807, 2.05) is 6.07 Å². The molecule has 0 unspecified atom stereocenters. The van der Waals surface area contributed by atoms with Crippen LogP contribution in [0.1, 0.15) is 34.0 Å². The molecular formula is C24H24ClNO6S. The molecule has 0 amide bonds. The summed E-state index contributed by atoms with van der Waals surface area (Å²) in [6.07, 6.45) is 0.840. The quantitative estimate of drug-likeness (QED) is 0.319. The van der Waals surface area contributed by atoms with Crippen LogP contribution in [0.3, 0.4) is 0 Å². The molecule has 4 N–H and O–H groups in total. The number of hydrogen-bond donors (Lipinski definition) is 4. The lowest BCUT2D eigenvalue weighted by Gasteiger charge is -2.12. The summed E-state index contributed by atoms with van der Waals surface area (Å²) in [6, 6.07) is 16.6. The normalized spacial score (nSPS) is 12.4. The van der Waals surface area contributed by atoms with Crippen molar-refractivity contribution < 1.29 is 28.5 Å². The van der Waals surface area contributed by atoms with Crippen LogP contribution in [-0.4, -0.2) is 42.8 Å². The largest absolute Gasteiger partial charge is 0.507 e. The fraction of sp³-hybridized carbons (Fsp3) is 0.208. The van der Waals surface area contributed by atoms with Gasteiger partial charge in [-0.2, -0.15) is 0 Å². The zero-order valence-electron chi connectivity index (χ0n) is 17.6. The molecule has 3 aromatic carbocycles. The molecule has 0 fully saturated rings. The topological polar surface area (TPSA) is 124 Å². The number of hydrogen-bond acceptors (Lipinski definition) is 6. The van der Waals surface area contributed by atoms with Gasteiger partial charge in [-0.1, -0.05) is 35.9 Å². The van der Waals surface area contributed by atoms with E-state index < -0.39 is 33.2 Å². The second-order valence-corrected chi connectivity index (χ2v) is 9.90. The van der Waals surface area contributed by atoms with Gasteiger partial charge >= 0.3 is 5.97 Å². The number of nitrogens with one attached hydrogen (secondary N) is 1. The molecular weight excluding hydrogens is 466 g/mol. The van der Waals surface area contributed by atoms with E-state index >= 15 is 0 Å². The van der Waals surface area contributed by atoms with E-state index in [0.29, 0.717) is 24.5 Å². The minimum atomic E-state index is -3.92. The third kappa shape index (κ3) is 6.33. The number of benzene rings is 3. The summed E-state index contributed by atoms with van der Waals surface area (Å²) in [5.74, 6) is -1.90. The fourth-order valence-electron chi connectivity index (χ4n) is 3.31. The number of phenols is 1. The van der Waals surface area contributed by atoms with Crippen molar-refractivity contribution in [2.24, 2.45) is 0 Å². The third-order valence-electron chi connectivity index (χ3n) is 5.13. The SMILES string of the molecule is O=C(O)c1cc(S(=O)(=O)c2ccc(CCCNC[C@H](O)c3cccc(Cl)c3)cc2)ccc1O. The molecule has 0 saturated carbocycles. The third-order valence-corrected chi connectivity index (χ3v) is 7.13. The molecule has 0 bridgehead atoms. The summed E-state index contributed by atoms with van der Waals surface area (Å²) in [5.41, 5.74) is 1.22. The van der Waals surface area contributed by atoms with E-state index in [4.69, 9.17) is 16.7 Å². The summed E-state index contributed by atoms with van der Waals surface area (Å²) in [6.45, 7) is 1.06. The summed E-state index contributed by atoms with van der Waals surface area (Å²) in [7, 11) is -3.92. The van der Waals surface area contributed by atoms with Crippen molar-refractivity contribution in [3.63, 3.8) is 0 Å².